The topological polar surface area (TPSA) is 59.8 Å². The molecule has 0 fully saturated rings. The molecule has 1 atom stereocenters. The van der Waals surface area contributed by atoms with Gasteiger partial charge in [0.15, 0.2) is 5.84 Å². The lowest BCUT2D eigenvalue weighted by atomic mass is 10.0. The Bertz CT molecular complexity index is 4800. The van der Waals surface area contributed by atoms with E-state index in [1.165, 1.54) is 53.9 Å². The zero-order valence-corrected chi connectivity index (χ0v) is 39.3. The Morgan fingerprint density at radius 2 is 0.973 bits per heavy atom. The van der Waals surface area contributed by atoms with Crippen molar-refractivity contribution < 1.29 is 4.42 Å². The molecule has 15 aromatic rings. The normalized spacial score (nSPS) is 14.2. The summed E-state index contributed by atoms with van der Waals surface area (Å²) in [5, 5.41) is 20.2. The van der Waals surface area contributed by atoms with Crippen molar-refractivity contribution in [2.24, 2.45) is 9.98 Å². The molecule has 73 heavy (non-hydrogen) atoms. The van der Waals surface area contributed by atoms with Gasteiger partial charge in [0.25, 0.3) is 0 Å². The minimum Gasteiger partial charge on any atom is -0.456 e. The van der Waals surface area contributed by atoms with Gasteiger partial charge < -0.3 is 18.9 Å². The van der Waals surface area contributed by atoms with Crippen LogP contribution in [0.25, 0.3) is 120 Å². The summed E-state index contributed by atoms with van der Waals surface area (Å²) in [7, 11) is 0. The summed E-state index contributed by atoms with van der Waals surface area (Å²) in [6.07, 6.45) is -0.475. The first-order chi connectivity index (χ1) is 36.1. The third kappa shape index (κ3) is 6.11. The first-order valence-electron chi connectivity index (χ1n) is 24.9. The number of para-hydroxylation sites is 2. The van der Waals surface area contributed by atoms with Gasteiger partial charge >= 0.3 is 0 Å². The van der Waals surface area contributed by atoms with Crippen LogP contribution in [0.3, 0.4) is 0 Å². The molecule has 1 aliphatic heterocycles. The molecular formula is C67H41N5O. The van der Waals surface area contributed by atoms with Crippen LogP contribution in [0.5, 0.6) is 0 Å². The Kier molecular flexibility index (Phi) is 8.42. The summed E-state index contributed by atoms with van der Waals surface area (Å²) in [5.74, 6) is 1.34. The summed E-state index contributed by atoms with van der Waals surface area (Å²) in [6.45, 7) is 0. The minimum atomic E-state index is -0.475. The number of furan rings is 1. The first-order valence-corrected chi connectivity index (χ1v) is 24.9. The molecule has 0 saturated heterocycles. The van der Waals surface area contributed by atoms with Crippen molar-refractivity contribution in [3.63, 3.8) is 0 Å². The Morgan fingerprint density at radius 1 is 0.384 bits per heavy atom. The van der Waals surface area contributed by atoms with Gasteiger partial charge in [0.2, 0.25) is 0 Å². The van der Waals surface area contributed by atoms with E-state index in [-0.39, 0.29) is 0 Å². The number of rotatable bonds is 5. The van der Waals surface area contributed by atoms with Crippen LogP contribution >= 0.6 is 0 Å². The third-order valence-corrected chi connectivity index (χ3v) is 15.3. The number of nitrogens with one attached hydrogen (secondary N) is 1. The molecule has 3 aromatic heterocycles. The molecule has 6 heteroatoms. The zero-order valence-electron chi connectivity index (χ0n) is 39.3. The standard InChI is InChI=1S/C67H41N5O/c1-2-21-49(22-3-1)71-57-25-13-12-24-51(57)52-30-28-48(37-58(52)71)66-68-65(47-27-26-40-14-4-5-16-42(40)32-47)69-67(70-66)55-39-63-56(64-50-23-11-10-15-41(50)29-31-62(64)73-63)38-61(55)72-59-35-45-19-8-6-17-43(45)33-53(59)54-34-44-18-7-9-20-46(44)36-60(54)72/h1-39,65H,(H,68,69,70). The molecule has 1 unspecified atom stereocenters. The quantitative estimate of drug-likeness (QED) is 0.187. The van der Waals surface area contributed by atoms with E-state index in [4.69, 9.17) is 14.4 Å². The second-order valence-electron chi connectivity index (χ2n) is 19.4. The molecule has 340 valence electrons. The molecule has 0 saturated carbocycles. The summed E-state index contributed by atoms with van der Waals surface area (Å²) >= 11 is 0. The van der Waals surface area contributed by atoms with E-state index in [9.17, 15) is 0 Å². The van der Waals surface area contributed by atoms with Gasteiger partial charge in [-0.25, -0.2) is 9.98 Å². The van der Waals surface area contributed by atoms with E-state index in [1.807, 2.05) is 0 Å². The maximum absolute atomic E-state index is 6.93. The molecule has 1 N–H and O–H groups in total. The number of aliphatic imine (C=N–C) groups is 2. The van der Waals surface area contributed by atoms with Gasteiger partial charge in [0, 0.05) is 49.1 Å². The van der Waals surface area contributed by atoms with Gasteiger partial charge in [0.05, 0.1) is 27.8 Å². The number of amidine groups is 2. The van der Waals surface area contributed by atoms with Gasteiger partial charge in [-0.15, -0.1) is 0 Å². The van der Waals surface area contributed by atoms with Crippen LogP contribution < -0.4 is 5.32 Å². The van der Waals surface area contributed by atoms with Crippen molar-refractivity contribution in [3.8, 4) is 11.4 Å². The lowest BCUT2D eigenvalue weighted by molar-refractivity contribution is 0.666. The van der Waals surface area contributed by atoms with Crippen molar-refractivity contribution in [1.29, 1.82) is 0 Å². The van der Waals surface area contributed by atoms with Crippen LogP contribution in [-0.4, -0.2) is 20.8 Å². The van der Waals surface area contributed by atoms with Gasteiger partial charge in [-0.05, 0) is 121 Å². The van der Waals surface area contributed by atoms with Crippen LogP contribution in [0.4, 0.5) is 0 Å². The highest BCUT2D eigenvalue weighted by molar-refractivity contribution is 6.24. The lowest BCUT2D eigenvalue weighted by Gasteiger charge is -2.25. The number of benzene rings is 12. The van der Waals surface area contributed by atoms with Crippen molar-refractivity contribution in [2.45, 2.75) is 6.17 Å². The second kappa shape index (κ2) is 15.4. The molecule has 0 bridgehead atoms. The van der Waals surface area contributed by atoms with Crippen molar-refractivity contribution >= 4 is 120 Å². The summed E-state index contributed by atoms with van der Waals surface area (Å²) < 4.78 is 11.8. The zero-order chi connectivity index (χ0) is 47.7. The maximum atomic E-state index is 6.93. The predicted octanol–water partition coefficient (Wildman–Crippen LogP) is 16.9. The largest absolute Gasteiger partial charge is 0.456 e. The number of hydrogen-bond donors (Lipinski definition) is 1. The lowest BCUT2D eigenvalue weighted by Crippen LogP contribution is -2.34. The molecule has 6 nitrogen and oxygen atoms in total. The van der Waals surface area contributed by atoms with Crippen LogP contribution in [-0.2, 0) is 0 Å². The highest BCUT2D eigenvalue weighted by Crippen LogP contribution is 2.43. The minimum absolute atomic E-state index is 0.475. The Hall–Kier alpha value is -9.78. The highest BCUT2D eigenvalue weighted by Gasteiger charge is 2.28. The molecule has 0 aliphatic carbocycles. The molecule has 4 heterocycles. The summed E-state index contributed by atoms with van der Waals surface area (Å²) in [4.78, 5) is 11.2. The summed E-state index contributed by atoms with van der Waals surface area (Å²) in [5.41, 5.74) is 11.0. The Morgan fingerprint density at radius 3 is 1.71 bits per heavy atom. The van der Waals surface area contributed by atoms with E-state index in [2.05, 4.69) is 251 Å². The van der Waals surface area contributed by atoms with Crippen molar-refractivity contribution in [1.82, 2.24) is 14.5 Å². The fraction of sp³-hybridized carbons (Fsp3) is 0.0149. The van der Waals surface area contributed by atoms with Crippen molar-refractivity contribution in [2.75, 3.05) is 0 Å². The fourth-order valence-corrected chi connectivity index (χ4v) is 11.8. The fourth-order valence-electron chi connectivity index (χ4n) is 11.8. The number of fused-ring (bicyclic) bond motifs is 14. The van der Waals surface area contributed by atoms with Gasteiger partial charge in [-0.2, -0.15) is 0 Å². The van der Waals surface area contributed by atoms with Gasteiger partial charge in [-0.1, -0.05) is 164 Å². The first kappa shape index (κ1) is 40.0. The van der Waals surface area contributed by atoms with E-state index in [0.29, 0.717) is 11.7 Å². The monoisotopic (exact) mass is 931 g/mol. The summed E-state index contributed by atoms with van der Waals surface area (Å²) in [6, 6.07) is 85.3. The average molecular weight is 932 g/mol. The van der Waals surface area contributed by atoms with Crippen molar-refractivity contribution in [3.05, 3.63) is 253 Å². The molecule has 1 aliphatic rings. The van der Waals surface area contributed by atoms with E-state index < -0.39 is 6.17 Å². The smallest absolute Gasteiger partial charge is 0.159 e. The number of nitrogens with zero attached hydrogens (tertiary/aromatic N) is 4. The molecule has 0 radical (unpaired) electrons. The number of hydrogen-bond acceptors (Lipinski definition) is 4. The maximum Gasteiger partial charge on any atom is 0.159 e. The SMILES string of the molecule is c1ccc(-n2c3ccccc3c3ccc(C4=NC(c5ccc6ccccc6c5)NC(c5cc6oc7ccc8ccccc8c7c6cc5-n5c6cc7ccccc7cc6c6cc7ccccc7cc65)=N4)cc32)cc1. The Balaban J connectivity index is 1.01. The van der Waals surface area contributed by atoms with Gasteiger partial charge in [0.1, 0.15) is 23.2 Å². The van der Waals surface area contributed by atoms with Crippen LogP contribution in [0.1, 0.15) is 22.9 Å². The van der Waals surface area contributed by atoms with Gasteiger partial charge in [-0.3, -0.25) is 0 Å². The molecule has 16 rings (SSSR count). The van der Waals surface area contributed by atoms with E-state index in [0.717, 1.165) is 82.8 Å². The van der Waals surface area contributed by atoms with Crippen LogP contribution in [0, 0.1) is 0 Å². The predicted molar refractivity (Wildman–Crippen MR) is 304 cm³/mol. The van der Waals surface area contributed by atoms with Crippen LogP contribution in [0.15, 0.2) is 251 Å². The average Bonchev–Trinajstić information content (AvgIpc) is 4.10. The molecule has 0 spiro atoms. The molecule has 12 aromatic carbocycles. The molecular weight excluding hydrogens is 891 g/mol. The number of aromatic nitrogens is 2. The third-order valence-electron chi connectivity index (χ3n) is 15.3. The Labute approximate surface area is 418 Å². The van der Waals surface area contributed by atoms with E-state index in [1.54, 1.807) is 0 Å². The van der Waals surface area contributed by atoms with E-state index >= 15 is 0 Å². The van der Waals surface area contributed by atoms with Crippen LogP contribution in [0.2, 0.25) is 0 Å². The second-order valence-corrected chi connectivity index (χ2v) is 19.4. The molecule has 0 amide bonds. The highest BCUT2D eigenvalue weighted by atomic mass is 16.3.